The van der Waals surface area contributed by atoms with Crippen LogP contribution in [0.25, 0.3) is 0 Å². The van der Waals surface area contributed by atoms with Crippen molar-refractivity contribution in [1.82, 2.24) is 14.9 Å². The van der Waals surface area contributed by atoms with Crippen molar-refractivity contribution in [1.29, 1.82) is 0 Å². The van der Waals surface area contributed by atoms with Gasteiger partial charge in [0.2, 0.25) is 0 Å². The summed E-state index contributed by atoms with van der Waals surface area (Å²) < 4.78 is 2.28. The fraction of sp³-hybridized carbons (Fsp3) is 0.462. The van der Waals surface area contributed by atoms with Crippen LogP contribution in [0.15, 0.2) is 24.0 Å². The van der Waals surface area contributed by atoms with Gasteiger partial charge >= 0.3 is 0 Å². The van der Waals surface area contributed by atoms with Gasteiger partial charge in [-0.2, -0.15) is 0 Å². The first kappa shape index (κ1) is 11.0. The van der Waals surface area contributed by atoms with Gasteiger partial charge in [0.05, 0.1) is 18.6 Å². The van der Waals surface area contributed by atoms with Gasteiger partial charge in [-0.3, -0.25) is 0 Å². The Morgan fingerprint density at radius 2 is 2.53 bits per heavy atom. The largest absolute Gasteiger partial charge is 0.328 e. The number of nitrogens with one attached hydrogen (secondary N) is 1. The van der Waals surface area contributed by atoms with Crippen molar-refractivity contribution in [3.8, 4) is 0 Å². The van der Waals surface area contributed by atoms with Gasteiger partial charge in [-0.1, -0.05) is 0 Å². The van der Waals surface area contributed by atoms with Crippen LogP contribution in [0.2, 0.25) is 0 Å². The summed E-state index contributed by atoms with van der Waals surface area (Å²) in [5.41, 5.74) is 2.71. The zero-order valence-corrected chi connectivity index (χ0v) is 10.8. The number of aryl methyl sites for hydroxylation is 1. The number of thiophene rings is 1. The van der Waals surface area contributed by atoms with E-state index in [0.29, 0.717) is 6.04 Å². The zero-order valence-electron chi connectivity index (χ0n) is 10.0. The smallest absolute Gasteiger partial charge is 0.0952 e. The predicted octanol–water partition coefficient (Wildman–Crippen LogP) is 2.73. The van der Waals surface area contributed by atoms with Crippen molar-refractivity contribution in [2.24, 2.45) is 0 Å². The number of rotatable bonds is 3. The average molecular weight is 247 g/mol. The average Bonchev–Trinajstić information content (AvgIpc) is 3.02. The lowest BCUT2D eigenvalue weighted by Gasteiger charge is -2.13. The highest BCUT2D eigenvalue weighted by molar-refractivity contribution is 7.10. The van der Waals surface area contributed by atoms with E-state index in [0.717, 1.165) is 13.1 Å². The Balaban J connectivity index is 1.84. The maximum atomic E-state index is 4.30. The molecule has 0 amide bonds. The van der Waals surface area contributed by atoms with Crippen LogP contribution in [-0.4, -0.2) is 16.1 Å². The van der Waals surface area contributed by atoms with E-state index in [9.17, 15) is 0 Å². The summed E-state index contributed by atoms with van der Waals surface area (Å²) in [7, 11) is 0. The molecule has 1 atom stereocenters. The lowest BCUT2D eigenvalue weighted by Crippen LogP contribution is -2.17. The maximum absolute atomic E-state index is 4.30. The summed E-state index contributed by atoms with van der Waals surface area (Å²) in [6, 6.07) is 2.68. The van der Waals surface area contributed by atoms with Gasteiger partial charge in [0, 0.05) is 17.1 Å². The fourth-order valence-electron chi connectivity index (χ4n) is 2.41. The van der Waals surface area contributed by atoms with E-state index in [1.807, 2.05) is 23.9 Å². The number of nitrogens with zero attached hydrogens (tertiary/aromatic N) is 2. The molecule has 3 rings (SSSR count). The molecular formula is C13H17N3S. The first-order valence-electron chi connectivity index (χ1n) is 6.11. The second-order valence-corrected chi connectivity index (χ2v) is 5.62. The van der Waals surface area contributed by atoms with Crippen LogP contribution >= 0.6 is 11.3 Å². The zero-order chi connectivity index (χ0) is 11.7. The molecule has 1 unspecified atom stereocenters. The Morgan fingerprint density at radius 3 is 3.24 bits per heavy atom. The molecular weight excluding hydrogens is 230 g/mol. The third-order valence-electron chi connectivity index (χ3n) is 3.44. The second kappa shape index (κ2) is 4.63. The molecule has 3 nitrogen and oxygen atoms in total. The Kier molecular flexibility index (Phi) is 2.99. The third-order valence-corrected chi connectivity index (χ3v) is 4.45. The number of aromatic nitrogens is 2. The molecule has 1 fully saturated rings. The number of hydrogen-bond donors (Lipinski definition) is 1. The van der Waals surface area contributed by atoms with Crippen molar-refractivity contribution in [3.63, 3.8) is 0 Å². The van der Waals surface area contributed by atoms with Gasteiger partial charge in [-0.15, -0.1) is 11.3 Å². The van der Waals surface area contributed by atoms with Crippen LogP contribution in [0, 0.1) is 6.92 Å². The van der Waals surface area contributed by atoms with Gasteiger partial charge in [-0.05, 0) is 43.3 Å². The van der Waals surface area contributed by atoms with Crippen molar-refractivity contribution in [2.45, 2.75) is 32.4 Å². The van der Waals surface area contributed by atoms with Gasteiger partial charge < -0.3 is 9.88 Å². The minimum absolute atomic E-state index is 0.498. The summed E-state index contributed by atoms with van der Waals surface area (Å²) in [5, 5.41) is 5.70. The minimum Gasteiger partial charge on any atom is -0.328 e. The molecule has 0 aliphatic carbocycles. The molecule has 0 bridgehead atoms. The highest BCUT2D eigenvalue weighted by Crippen LogP contribution is 2.24. The van der Waals surface area contributed by atoms with E-state index in [1.165, 1.54) is 29.0 Å². The quantitative estimate of drug-likeness (QED) is 0.904. The van der Waals surface area contributed by atoms with E-state index in [4.69, 9.17) is 0 Å². The van der Waals surface area contributed by atoms with E-state index in [1.54, 1.807) is 0 Å². The normalized spacial score (nSPS) is 19.9. The lowest BCUT2D eigenvalue weighted by atomic mass is 10.1. The summed E-state index contributed by atoms with van der Waals surface area (Å²) in [5.74, 6) is 0. The van der Waals surface area contributed by atoms with Crippen molar-refractivity contribution in [2.75, 3.05) is 6.54 Å². The summed E-state index contributed by atoms with van der Waals surface area (Å²) >= 11 is 1.83. The molecule has 2 aromatic heterocycles. The van der Waals surface area contributed by atoms with E-state index < -0.39 is 0 Å². The van der Waals surface area contributed by atoms with Crippen LogP contribution in [0.1, 0.15) is 35.0 Å². The topological polar surface area (TPSA) is 29.9 Å². The van der Waals surface area contributed by atoms with E-state index >= 15 is 0 Å². The molecule has 3 heterocycles. The van der Waals surface area contributed by atoms with Crippen LogP contribution < -0.4 is 5.32 Å². The van der Waals surface area contributed by atoms with Crippen molar-refractivity contribution < 1.29 is 0 Å². The first-order chi connectivity index (χ1) is 8.34. The monoisotopic (exact) mass is 247 g/mol. The fourth-order valence-corrected chi connectivity index (χ4v) is 3.32. The van der Waals surface area contributed by atoms with Gasteiger partial charge in [0.1, 0.15) is 0 Å². The molecule has 1 saturated heterocycles. The molecule has 0 saturated carbocycles. The van der Waals surface area contributed by atoms with Gasteiger partial charge in [0.25, 0.3) is 0 Å². The van der Waals surface area contributed by atoms with Crippen LogP contribution in [0.5, 0.6) is 0 Å². The van der Waals surface area contributed by atoms with Crippen molar-refractivity contribution >= 4 is 11.3 Å². The molecule has 0 spiro atoms. The van der Waals surface area contributed by atoms with E-state index in [2.05, 4.69) is 33.2 Å². The highest BCUT2D eigenvalue weighted by atomic mass is 32.1. The number of hydrogen-bond acceptors (Lipinski definition) is 3. The summed E-state index contributed by atoms with van der Waals surface area (Å²) in [6.45, 7) is 4.27. The Hall–Kier alpha value is -1.13. The van der Waals surface area contributed by atoms with E-state index in [-0.39, 0.29) is 0 Å². The van der Waals surface area contributed by atoms with Crippen LogP contribution in [-0.2, 0) is 6.54 Å². The first-order valence-corrected chi connectivity index (χ1v) is 6.99. The standard InChI is InChI=1S/C13H17N3S/c1-10-4-6-17-13(10)8-16-9-14-7-12(16)11-3-2-5-15-11/h4,6-7,9,11,15H,2-3,5,8H2,1H3. The summed E-state index contributed by atoms with van der Waals surface area (Å²) in [6.07, 6.45) is 6.46. The van der Waals surface area contributed by atoms with Gasteiger partial charge in [0.15, 0.2) is 0 Å². The molecule has 1 N–H and O–H groups in total. The van der Waals surface area contributed by atoms with Crippen molar-refractivity contribution in [3.05, 3.63) is 40.1 Å². The Morgan fingerprint density at radius 1 is 1.59 bits per heavy atom. The molecule has 90 valence electrons. The Labute approximate surface area is 106 Å². The predicted molar refractivity (Wildman–Crippen MR) is 70.4 cm³/mol. The molecule has 0 radical (unpaired) electrons. The van der Waals surface area contributed by atoms with Crippen LogP contribution in [0.3, 0.4) is 0 Å². The highest BCUT2D eigenvalue weighted by Gasteiger charge is 2.19. The molecule has 4 heteroatoms. The summed E-state index contributed by atoms with van der Waals surface area (Å²) in [4.78, 5) is 5.74. The second-order valence-electron chi connectivity index (χ2n) is 4.62. The number of imidazole rings is 1. The molecule has 1 aliphatic rings. The SMILES string of the molecule is Cc1ccsc1Cn1cncc1C1CCCN1. The lowest BCUT2D eigenvalue weighted by molar-refractivity contribution is 0.585. The maximum Gasteiger partial charge on any atom is 0.0952 e. The molecule has 1 aliphatic heterocycles. The third kappa shape index (κ3) is 2.15. The Bertz CT molecular complexity index is 494. The molecule has 17 heavy (non-hydrogen) atoms. The molecule has 0 aromatic carbocycles. The van der Waals surface area contributed by atoms with Gasteiger partial charge in [-0.25, -0.2) is 4.98 Å². The molecule has 2 aromatic rings. The van der Waals surface area contributed by atoms with Crippen LogP contribution in [0.4, 0.5) is 0 Å². The minimum atomic E-state index is 0.498.